The molecule has 0 aliphatic rings. The second-order valence-electron chi connectivity index (χ2n) is 6.35. The van der Waals surface area contributed by atoms with E-state index in [4.69, 9.17) is 14.2 Å². The van der Waals surface area contributed by atoms with Gasteiger partial charge in [0.2, 0.25) is 5.88 Å². The second kappa shape index (κ2) is 8.48. The highest BCUT2D eigenvalue weighted by Crippen LogP contribution is 2.23. The van der Waals surface area contributed by atoms with Gasteiger partial charge in [-0.05, 0) is 39.0 Å². The number of benzene rings is 1. The average Bonchev–Trinajstić information content (AvgIpc) is 2.59. The fourth-order valence-corrected chi connectivity index (χ4v) is 2.04. The lowest BCUT2D eigenvalue weighted by molar-refractivity contribution is -0.0168. The zero-order chi connectivity index (χ0) is 18.3. The Bertz CT molecular complexity index is 693. The van der Waals surface area contributed by atoms with E-state index < -0.39 is 0 Å². The summed E-state index contributed by atoms with van der Waals surface area (Å²) in [5, 5.41) is 2.80. The van der Waals surface area contributed by atoms with Crippen LogP contribution in [0.3, 0.4) is 0 Å². The van der Waals surface area contributed by atoms with Gasteiger partial charge in [-0.1, -0.05) is 12.1 Å². The molecule has 0 saturated heterocycles. The molecule has 1 aromatic carbocycles. The Kier molecular flexibility index (Phi) is 6.36. The van der Waals surface area contributed by atoms with Gasteiger partial charge in [-0.25, -0.2) is 4.98 Å². The number of nitrogens with one attached hydrogen (secondary N) is 1. The molecule has 1 aromatic heterocycles. The minimum atomic E-state index is -0.264. The summed E-state index contributed by atoms with van der Waals surface area (Å²) in [5.74, 6) is 0.786. The molecule has 0 radical (unpaired) electrons. The van der Waals surface area contributed by atoms with Crippen molar-refractivity contribution in [3.05, 3.63) is 48.2 Å². The molecule has 25 heavy (non-hydrogen) atoms. The van der Waals surface area contributed by atoms with Crippen LogP contribution in [-0.2, 0) is 4.74 Å². The first-order valence-corrected chi connectivity index (χ1v) is 8.06. The summed E-state index contributed by atoms with van der Waals surface area (Å²) in [5.41, 5.74) is 0.843. The van der Waals surface area contributed by atoms with Crippen LogP contribution in [0, 0.1) is 0 Å². The monoisotopic (exact) mass is 344 g/mol. The van der Waals surface area contributed by atoms with E-state index in [1.807, 2.05) is 32.9 Å². The topological polar surface area (TPSA) is 69.7 Å². The third kappa shape index (κ3) is 6.08. The van der Waals surface area contributed by atoms with E-state index >= 15 is 0 Å². The molecule has 0 aliphatic carbocycles. The highest BCUT2D eigenvalue weighted by molar-refractivity contribution is 6.04. The number of pyridine rings is 1. The Morgan fingerprint density at radius 3 is 2.52 bits per heavy atom. The van der Waals surface area contributed by atoms with Crippen molar-refractivity contribution in [2.75, 3.05) is 25.6 Å². The highest BCUT2D eigenvalue weighted by atomic mass is 16.5. The van der Waals surface area contributed by atoms with Crippen LogP contribution in [-0.4, -0.2) is 36.8 Å². The summed E-state index contributed by atoms with van der Waals surface area (Å²) >= 11 is 0. The smallest absolute Gasteiger partial charge is 0.257 e. The van der Waals surface area contributed by atoms with Gasteiger partial charge in [0.1, 0.15) is 12.4 Å². The lowest BCUT2D eigenvalue weighted by atomic mass is 10.2. The molecule has 6 heteroatoms. The summed E-state index contributed by atoms with van der Waals surface area (Å²) in [6, 6.07) is 10.5. The van der Waals surface area contributed by atoms with E-state index in [9.17, 15) is 4.79 Å². The van der Waals surface area contributed by atoms with E-state index in [1.165, 1.54) is 6.20 Å². The second-order valence-corrected chi connectivity index (χ2v) is 6.35. The number of ether oxygens (including phenoxy) is 3. The van der Waals surface area contributed by atoms with Crippen molar-refractivity contribution in [2.45, 2.75) is 26.4 Å². The Hall–Kier alpha value is -2.60. The highest BCUT2D eigenvalue weighted by Gasteiger charge is 2.11. The molecule has 0 fully saturated rings. The van der Waals surface area contributed by atoms with Crippen LogP contribution in [0.15, 0.2) is 42.6 Å². The van der Waals surface area contributed by atoms with Gasteiger partial charge in [0.05, 0.1) is 30.6 Å². The van der Waals surface area contributed by atoms with Crippen LogP contribution in [0.25, 0.3) is 0 Å². The Morgan fingerprint density at radius 2 is 1.88 bits per heavy atom. The number of methoxy groups -OCH3 is 1. The zero-order valence-electron chi connectivity index (χ0n) is 15.0. The Balaban J connectivity index is 1.89. The minimum absolute atomic E-state index is 0.197. The molecule has 134 valence electrons. The van der Waals surface area contributed by atoms with E-state index in [1.54, 1.807) is 31.4 Å². The van der Waals surface area contributed by atoms with Crippen LogP contribution in [0.2, 0.25) is 0 Å². The predicted octanol–water partition coefficient (Wildman–Crippen LogP) is 3.54. The van der Waals surface area contributed by atoms with Gasteiger partial charge in [-0.3, -0.25) is 4.79 Å². The van der Waals surface area contributed by atoms with E-state index in [-0.39, 0.29) is 11.5 Å². The van der Waals surface area contributed by atoms with Gasteiger partial charge in [0.25, 0.3) is 5.91 Å². The summed E-state index contributed by atoms with van der Waals surface area (Å²) in [6.07, 6.45) is 1.48. The van der Waals surface area contributed by atoms with Crippen LogP contribution >= 0.6 is 0 Å². The number of hydrogen-bond acceptors (Lipinski definition) is 5. The molecule has 0 unspecified atom stereocenters. The molecule has 1 heterocycles. The average molecular weight is 344 g/mol. The van der Waals surface area contributed by atoms with Gasteiger partial charge < -0.3 is 19.5 Å². The van der Waals surface area contributed by atoms with Gasteiger partial charge in [0, 0.05) is 12.3 Å². The van der Waals surface area contributed by atoms with Gasteiger partial charge in [-0.15, -0.1) is 0 Å². The van der Waals surface area contributed by atoms with Crippen molar-refractivity contribution in [1.29, 1.82) is 0 Å². The largest absolute Gasteiger partial charge is 0.495 e. The van der Waals surface area contributed by atoms with Crippen LogP contribution in [0.4, 0.5) is 5.69 Å². The molecule has 6 nitrogen and oxygen atoms in total. The van der Waals surface area contributed by atoms with Crippen molar-refractivity contribution in [2.24, 2.45) is 0 Å². The molecule has 0 bridgehead atoms. The maximum atomic E-state index is 12.3. The standard InChI is InChI=1S/C19H24N2O4/c1-19(2,3)25-12-11-24-17-10-9-14(13-20-17)18(22)21-15-7-5-6-8-16(15)23-4/h5-10,13H,11-12H2,1-4H3,(H,21,22). The maximum absolute atomic E-state index is 12.3. The molecule has 0 atom stereocenters. The summed E-state index contributed by atoms with van der Waals surface area (Å²) < 4.78 is 16.3. The fraction of sp³-hybridized carbons (Fsp3) is 0.368. The summed E-state index contributed by atoms with van der Waals surface area (Å²) in [7, 11) is 1.56. The van der Waals surface area contributed by atoms with Crippen molar-refractivity contribution in [3.63, 3.8) is 0 Å². The molecule has 2 rings (SSSR count). The first-order valence-electron chi connectivity index (χ1n) is 8.06. The van der Waals surface area contributed by atoms with Gasteiger partial charge >= 0.3 is 0 Å². The Morgan fingerprint density at radius 1 is 1.12 bits per heavy atom. The molecule has 0 spiro atoms. The molecular formula is C19H24N2O4. The van der Waals surface area contributed by atoms with Gasteiger partial charge in [0.15, 0.2) is 0 Å². The number of carbonyl (C=O) groups excluding carboxylic acids is 1. The zero-order valence-corrected chi connectivity index (χ0v) is 15.0. The maximum Gasteiger partial charge on any atom is 0.257 e. The van der Waals surface area contributed by atoms with E-state index in [2.05, 4.69) is 10.3 Å². The number of hydrogen-bond donors (Lipinski definition) is 1. The number of amides is 1. The normalized spacial score (nSPS) is 11.0. The predicted molar refractivity (Wildman–Crippen MR) is 96.4 cm³/mol. The summed E-state index contributed by atoms with van der Waals surface area (Å²) in [6.45, 7) is 6.83. The van der Waals surface area contributed by atoms with Crippen molar-refractivity contribution < 1.29 is 19.0 Å². The molecule has 1 amide bonds. The first kappa shape index (κ1) is 18.7. The van der Waals surface area contributed by atoms with E-state index in [0.29, 0.717) is 36.1 Å². The number of aromatic nitrogens is 1. The number of rotatable bonds is 7. The van der Waals surface area contributed by atoms with Crippen molar-refractivity contribution >= 4 is 11.6 Å². The molecular weight excluding hydrogens is 320 g/mol. The third-order valence-electron chi connectivity index (χ3n) is 3.22. The number of nitrogens with zero attached hydrogens (tertiary/aromatic N) is 1. The molecule has 0 saturated carbocycles. The third-order valence-corrected chi connectivity index (χ3v) is 3.22. The number of carbonyl (C=O) groups is 1. The van der Waals surface area contributed by atoms with Crippen LogP contribution in [0.5, 0.6) is 11.6 Å². The molecule has 0 aliphatic heterocycles. The SMILES string of the molecule is COc1ccccc1NC(=O)c1ccc(OCCOC(C)(C)C)nc1. The first-order chi connectivity index (χ1) is 11.9. The van der Waals surface area contributed by atoms with Crippen molar-refractivity contribution in [1.82, 2.24) is 4.98 Å². The van der Waals surface area contributed by atoms with E-state index in [0.717, 1.165) is 0 Å². The van der Waals surface area contributed by atoms with Crippen LogP contribution in [0.1, 0.15) is 31.1 Å². The van der Waals surface area contributed by atoms with Gasteiger partial charge in [-0.2, -0.15) is 0 Å². The minimum Gasteiger partial charge on any atom is -0.495 e. The fourth-order valence-electron chi connectivity index (χ4n) is 2.04. The van der Waals surface area contributed by atoms with Crippen molar-refractivity contribution in [3.8, 4) is 11.6 Å². The molecule has 2 aromatic rings. The Labute approximate surface area is 148 Å². The lowest BCUT2D eigenvalue weighted by Crippen LogP contribution is -2.22. The lowest BCUT2D eigenvalue weighted by Gasteiger charge is -2.19. The summed E-state index contributed by atoms with van der Waals surface area (Å²) in [4.78, 5) is 16.4. The quantitative estimate of drug-likeness (QED) is 0.778. The molecule has 1 N–H and O–H groups in total. The number of anilines is 1. The number of para-hydroxylation sites is 2. The van der Waals surface area contributed by atoms with Crippen LogP contribution < -0.4 is 14.8 Å².